The molecule has 1 N–H and O–H groups in total. The number of aryl methyl sites for hydroxylation is 2. The average Bonchev–Trinajstić information content (AvgIpc) is 3.11. The lowest BCUT2D eigenvalue weighted by Crippen LogP contribution is -2.12. The van der Waals surface area contributed by atoms with Crippen LogP contribution >= 0.6 is 0 Å². The van der Waals surface area contributed by atoms with Crippen molar-refractivity contribution in [3.63, 3.8) is 0 Å². The minimum absolute atomic E-state index is 0.0897. The molecule has 0 radical (unpaired) electrons. The molecular formula is C22H17N3O4. The quantitative estimate of drug-likeness (QED) is 0.380. The van der Waals surface area contributed by atoms with E-state index in [4.69, 9.17) is 4.42 Å². The Bertz CT molecular complexity index is 1260. The number of hydrogen-bond donors (Lipinski definition) is 1. The van der Waals surface area contributed by atoms with Crippen LogP contribution in [0, 0.1) is 24.0 Å². The van der Waals surface area contributed by atoms with Crippen molar-refractivity contribution in [3.05, 3.63) is 87.5 Å². The molecule has 0 aliphatic heterocycles. The fourth-order valence-corrected chi connectivity index (χ4v) is 3.04. The zero-order valence-electron chi connectivity index (χ0n) is 15.8. The summed E-state index contributed by atoms with van der Waals surface area (Å²) in [5.74, 6) is 0.0195. The number of nitro groups is 1. The van der Waals surface area contributed by atoms with Crippen LogP contribution in [0.2, 0.25) is 0 Å². The Labute approximate surface area is 166 Å². The Balaban J connectivity index is 1.61. The molecule has 144 valence electrons. The van der Waals surface area contributed by atoms with Gasteiger partial charge in [-0.3, -0.25) is 14.9 Å². The van der Waals surface area contributed by atoms with Crippen molar-refractivity contribution >= 4 is 28.4 Å². The molecule has 1 heterocycles. The van der Waals surface area contributed by atoms with E-state index in [2.05, 4.69) is 10.3 Å². The van der Waals surface area contributed by atoms with Crippen LogP contribution in [0.1, 0.15) is 21.5 Å². The predicted octanol–water partition coefficient (Wildman–Crippen LogP) is 5.27. The lowest BCUT2D eigenvalue weighted by Gasteiger charge is -2.07. The van der Waals surface area contributed by atoms with Crippen molar-refractivity contribution in [2.75, 3.05) is 5.32 Å². The first kappa shape index (κ1) is 18.4. The Hall–Kier alpha value is -4.00. The summed E-state index contributed by atoms with van der Waals surface area (Å²) in [5, 5.41) is 13.9. The highest BCUT2D eigenvalue weighted by Crippen LogP contribution is 2.27. The molecule has 0 bridgehead atoms. The maximum Gasteiger partial charge on any atom is 0.273 e. The number of benzene rings is 3. The molecule has 0 saturated carbocycles. The van der Waals surface area contributed by atoms with Gasteiger partial charge in [0.05, 0.1) is 4.92 Å². The van der Waals surface area contributed by atoms with E-state index in [1.165, 1.54) is 6.07 Å². The second-order valence-corrected chi connectivity index (χ2v) is 6.78. The van der Waals surface area contributed by atoms with Crippen LogP contribution in [-0.4, -0.2) is 15.8 Å². The number of aromatic nitrogens is 1. The summed E-state index contributed by atoms with van der Waals surface area (Å²) in [6.07, 6.45) is 0. The van der Waals surface area contributed by atoms with E-state index < -0.39 is 10.8 Å². The number of hydrogen-bond acceptors (Lipinski definition) is 5. The topological polar surface area (TPSA) is 98.3 Å². The van der Waals surface area contributed by atoms with Crippen LogP contribution in [0.3, 0.4) is 0 Å². The van der Waals surface area contributed by atoms with Crippen molar-refractivity contribution in [3.8, 4) is 11.5 Å². The SMILES string of the molecule is Cc1ccc2oc(-c3cccc(NC(=O)c4ccc(C)c([N+](=O)[O-])c4)c3)nc2c1. The highest BCUT2D eigenvalue weighted by atomic mass is 16.6. The lowest BCUT2D eigenvalue weighted by atomic mass is 10.1. The average molecular weight is 387 g/mol. The van der Waals surface area contributed by atoms with Crippen molar-refractivity contribution in [2.45, 2.75) is 13.8 Å². The first-order valence-corrected chi connectivity index (χ1v) is 8.95. The fraction of sp³-hybridized carbons (Fsp3) is 0.0909. The van der Waals surface area contributed by atoms with Crippen molar-refractivity contribution in [1.82, 2.24) is 4.98 Å². The van der Waals surface area contributed by atoms with Gasteiger partial charge in [-0.25, -0.2) is 4.98 Å². The van der Waals surface area contributed by atoms with E-state index >= 15 is 0 Å². The number of fused-ring (bicyclic) bond motifs is 1. The van der Waals surface area contributed by atoms with E-state index in [9.17, 15) is 14.9 Å². The third kappa shape index (κ3) is 3.70. The largest absolute Gasteiger partial charge is 0.436 e. The molecule has 4 aromatic rings. The van der Waals surface area contributed by atoms with Gasteiger partial charge in [-0.05, 0) is 55.8 Å². The van der Waals surface area contributed by atoms with Crippen molar-refractivity contribution in [2.24, 2.45) is 0 Å². The van der Waals surface area contributed by atoms with Gasteiger partial charge in [0.15, 0.2) is 5.58 Å². The van der Waals surface area contributed by atoms with Gasteiger partial charge in [0, 0.05) is 28.4 Å². The molecule has 7 nitrogen and oxygen atoms in total. The van der Waals surface area contributed by atoms with Crippen LogP contribution in [0.4, 0.5) is 11.4 Å². The molecule has 4 rings (SSSR count). The predicted molar refractivity (Wildman–Crippen MR) is 110 cm³/mol. The zero-order chi connectivity index (χ0) is 20.5. The number of nitrogens with zero attached hydrogens (tertiary/aromatic N) is 2. The molecule has 29 heavy (non-hydrogen) atoms. The molecule has 0 aliphatic rings. The standard InChI is InChI=1S/C22H17N3O4/c1-13-6-9-20-18(10-13)24-22(29-20)16-4-3-5-17(11-16)23-21(26)15-8-7-14(2)19(12-15)25(27)28/h3-12H,1-2H3,(H,23,26). The molecular weight excluding hydrogens is 370 g/mol. The van der Waals surface area contributed by atoms with Gasteiger partial charge in [-0.2, -0.15) is 0 Å². The summed E-state index contributed by atoms with van der Waals surface area (Å²) in [6, 6.07) is 17.3. The lowest BCUT2D eigenvalue weighted by molar-refractivity contribution is -0.385. The number of rotatable bonds is 4. The maximum atomic E-state index is 12.6. The second-order valence-electron chi connectivity index (χ2n) is 6.78. The molecule has 0 aliphatic carbocycles. The van der Waals surface area contributed by atoms with E-state index in [1.54, 1.807) is 37.3 Å². The Morgan fingerprint density at radius 1 is 1.07 bits per heavy atom. The Morgan fingerprint density at radius 3 is 2.69 bits per heavy atom. The van der Waals surface area contributed by atoms with Crippen molar-refractivity contribution in [1.29, 1.82) is 0 Å². The normalized spacial score (nSPS) is 10.8. The van der Waals surface area contributed by atoms with Gasteiger partial charge in [0.1, 0.15) is 5.52 Å². The van der Waals surface area contributed by atoms with Gasteiger partial charge in [0.2, 0.25) is 5.89 Å². The van der Waals surface area contributed by atoms with Crippen LogP contribution in [0.5, 0.6) is 0 Å². The third-order valence-electron chi connectivity index (χ3n) is 4.58. The number of oxazole rings is 1. The second kappa shape index (κ2) is 7.20. The van der Waals surface area contributed by atoms with Crippen LogP contribution in [-0.2, 0) is 0 Å². The van der Waals surface area contributed by atoms with E-state index in [0.29, 0.717) is 28.3 Å². The van der Waals surface area contributed by atoms with Gasteiger partial charge in [-0.15, -0.1) is 0 Å². The van der Waals surface area contributed by atoms with Gasteiger partial charge >= 0.3 is 0 Å². The van der Waals surface area contributed by atoms with Crippen molar-refractivity contribution < 1.29 is 14.1 Å². The number of nitrogens with one attached hydrogen (secondary N) is 1. The number of nitro benzene ring substituents is 1. The fourth-order valence-electron chi connectivity index (χ4n) is 3.04. The molecule has 0 fully saturated rings. The van der Waals surface area contributed by atoms with Crippen LogP contribution in [0.15, 0.2) is 65.1 Å². The third-order valence-corrected chi connectivity index (χ3v) is 4.58. The first-order valence-electron chi connectivity index (χ1n) is 8.95. The highest BCUT2D eigenvalue weighted by molar-refractivity contribution is 6.05. The first-order chi connectivity index (χ1) is 13.9. The molecule has 0 spiro atoms. The summed E-state index contributed by atoms with van der Waals surface area (Å²) < 4.78 is 5.81. The molecule has 0 atom stereocenters. The minimum atomic E-state index is -0.498. The molecule has 0 unspecified atom stereocenters. The minimum Gasteiger partial charge on any atom is -0.436 e. The summed E-state index contributed by atoms with van der Waals surface area (Å²) in [6.45, 7) is 3.62. The summed E-state index contributed by atoms with van der Waals surface area (Å²) >= 11 is 0. The van der Waals surface area contributed by atoms with Crippen LogP contribution < -0.4 is 5.32 Å². The van der Waals surface area contributed by atoms with E-state index in [1.807, 2.05) is 31.2 Å². The molecule has 1 amide bonds. The summed E-state index contributed by atoms with van der Waals surface area (Å²) in [4.78, 5) is 27.7. The Kier molecular flexibility index (Phi) is 4.56. The Morgan fingerprint density at radius 2 is 1.90 bits per heavy atom. The monoisotopic (exact) mass is 387 g/mol. The number of carbonyl (C=O) groups is 1. The number of amides is 1. The van der Waals surface area contributed by atoms with Crippen LogP contribution in [0.25, 0.3) is 22.6 Å². The summed E-state index contributed by atoms with van der Waals surface area (Å²) in [5.41, 5.74) is 4.41. The molecule has 0 saturated heterocycles. The molecule has 3 aromatic carbocycles. The van der Waals surface area contributed by atoms with E-state index in [-0.39, 0.29) is 11.3 Å². The molecule has 1 aromatic heterocycles. The molecule has 7 heteroatoms. The maximum absolute atomic E-state index is 12.6. The number of anilines is 1. The zero-order valence-corrected chi connectivity index (χ0v) is 15.8. The number of carbonyl (C=O) groups excluding carboxylic acids is 1. The van der Waals surface area contributed by atoms with Gasteiger partial charge in [0.25, 0.3) is 11.6 Å². The smallest absolute Gasteiger partial charge is 0.273 e. The van der Waals surface area contributed by atoms with Gasteiger partial charge in [-0.1, -0.05) is 18.2 Å². The van der Waals surface area contributed by atoms with E-state index in [0.717, 1.165) is 11.1 Å². The summed E-state index contributed by atoms with van der Waals surface area (Å²) in [7, 11) is 0. The van der Waals surface area contributed by atoms with Gasteiger partial charge < -0.3 is 9.73 Å². The highest BCUT2D eigenvalue weighted by Gasteiger charge is 2.16.